The first kappa shape index (κ1) is 4.91. The van der Waals surface area contributed by atoms with Crippen LogP contribution in [-0.2, 0) is 0 Å². The van der Waals surface area contributed by atoms with Gasteiger partial charge in [0.2, 0.25) is 0 Å². The van der Waals surface area contributed by atoms with Gasteiger partial charge in [-0.05, 0) is 17.0 Å². The molecule has 0 bridgehead atoms. The maximum atomic E-state index is 3.22. The minimum atomic E-state index is 1.35. The lowest BCUT2D eigenvalue weighted by atomic mass is 10.2. The molecule has 2 radical (unpaired) electrons. The monoisotopic (exact) mass is 144 g/mol. The fourth-order valence-corrected chi connectivity index (χ4v) is 2.23. The van der Waals surface area contributed by atoms with E-state index in [1.165, 1.54) is 20.5 Å². The molecule has 1 aliphatic carbocycles. The van der Waals surface area contributed by atoms with Gasteiger partial charge in [0.1, 0.15) is 0 Å². The number of benzene rings is 1. The van der Waals surface area contributed by atoms with Gasteiger partial charge in [-0.25, -0.2) is 0 Å². The molecular weight excluding hydrogens is 140 g/mol. The smallest absolute Gasteiger partial charge is 0.0634 e. The normalized spacial score (nSPS) is 13.6. The van der Waals surface area contributed by atoms with Crippen LogP contribution in [0, 0.1) is 6.42 Å². The maximum Gasteiger partial charge on any atom is 0.0634 e. The van der Waals surface area contributed by atoms with E-state index in [1.54, 1.807) is 0 Å². The molecule has 0 nitrogen and oxygen atoms in total. The molecule has 0 aliphatic heterocycles. The number of rotatable bonds is 0. The number of fused-ring (bicyclic) bond motifs is 3. The van der Waals surface area contributed by atoms with E-state index in [9.17, 15) is 0 Å². The topological polar surface area (TPSA) is 0 Å². The van der Waals surface area contributed by atoms with Crippen molar-refractivity contribution in [2.45, 2.75) is 0 Å². The van der Waals surface area contributed by atoms with Crippen molar-refractivity contribution in [1.29, 1.82) is 0 Å². The molecule has 0 spiro atoms. The van der Waals surface area contributed by atoms with Gasteiger partial charge >= 0.3 is 0 Å². The Balaban J connectivity index is 2.60. The van der Waals surface area contributed by atoms with Crippen molar-refractivity contribution in [3.63, 3.8) is 0 Å². The summed E-state index contributed by atoms with van der Waals surface area (Å²) in [5.74, 6) is 0. The third-order valence-electron chi connectivity index (χ3n) is 1.77. The van der Waals surface area contributed by atoms with E-state index in [0.717, 1.165) is 0 Å². The van der Waals surface area contributed by atoms with Gasteiger partial charge in [-0.2, -0.15) is 0 Å². The van der Waals surface area contributed by atoms with Crippen molar-refractivity contribution in [1.82, 2.24) is 0 Å². The maximum absolute atomic E-state index is 3.22. The first-order chi connectivity index (χ1) is 4.95. The SMILES string of the molecule is [C]1c2sc3ccccc3c21. The fraction of sp³-hybridized carbons (Fsp3) is 0. The third-order valence-corrected chi connectivity index (χ3v) is 2.86. The summed E-state index contributed by atoms with van der Waals surface area (Å²) < 4.78 is 1.39. The number of hydrogen-bond donors (Lipinski definition) is 0. The van der Waals surface area contributed by atoms with Crippen LogP contribution in [0.3, 0.4) is 0 Å². The molecule has 1 heteroatoms. The van der Waals surface area contributed by atoms with Gasteiger partial charge in [0, 0.05) is 9.58 Å². The standard InChI is InChI=1S/C9H4S/c1-2-4-8-6(3-1)7-5-9(7)10-8/h1-4H. The van der Waals surface area contributed by atoms with Gasteiger partial charge in [-0.1, -0.05) is 18.2 Å². The zero-order chi connectivity index (χ0) is 6.55. The Kier molecular flexibility index (Phi) is 0.702. The highest BCUT2D eigenvalue weighted by molar-refractivity contribution is 7.20. The van der Waals surface area contributed by atoms with Crippen molar-refractivity contribution >= 4 is 21.4 Å². The van der Waals surface area contributed by atoms with E-state index in [4.69, 9.17) is 0 Å². The molecule has 0 fully saturated rings. The molecule has 0 unspecified atom stereocenters. The number of thiophene rings is 1. The van der Waals surface area contributed by atoms with Gasteiger partial charge in [0.15, 0.2) is 0 Å². The first-order valence-electron chi connectivity index (χ1n) is 3.24. The van der Waals surface area contributed by atoms with Crippen LogP contribution in [-0.4, -0.2) is 0 Å². The lowest BCUT2D eigenvalue weighted by Crippen LogP contribution is -1.61. The molecule has 1 heterocycles. The van der Waals surface area contributed by atoms with Crippen LogP contribution in [0.5, 0.6) is 0 Å². The van der Waals surface area contributed by atoms with Crippen LogP contribution in [0.25, 0.3) is 10.1 Å². The van der Waals surface area contributed by atoms with E-state index in [1.807, 2.05) is 11.3 Å². The predicted octanol–water partition coefficient (Wildman–Crippen LogP) is 2.69. The predicted molar refractivity (Wildman–Crippen MR) is 43.3 cm³/mol. The fourth-order valence-electron chi connectivity index (χ4n) is 1.22. The van der Waals surface area contributed by atoms with E-state index in [2.05, 4.69) is 30.7 Å². The van der Waals surface area contributed by atoms with Gasteiger partial charge in [0.05, 0.1) is 6.42 Å². The molecule has 0 saturated carbocycles. The van der Waals surface area contributed by atoms with Crippen LogP contribution in [0.15, 0.2) is 24.3 Å². The second-order valence-corrected chi connectivity index (χ2v) is 3.48. The summed E-state index contributed by atoms with van der Waals surface area (Å²) in [7, 11) is 0. The molecule has 3 rings (SSSR count). The second-order valence-electron chi connectivity index (χ2n) is 2.43. The summed E-state index contributed by atoms with van der Waals surface area (Å²) in [6, 6.07) is 8.48. The molecule has 1 aliphatic rings. The molecule has 0 atom stereocenters. The summed E-state index contributed by atoms with van der Waals surface area (Å²) in [6.07, 6.45) is 3.22. The van der Waals surface area contributed by atoms with Gasteiger partial charge in [0.25, 0.3) is 0 Å². The summed E-state index contributed by atoms with van der Waals surface area (Å²) in [6.45, 7) is 0. The highest BCUT2D eigenvalue weighted by Crippen LogP contribution is 2.44. The molecule has 10 heavy (non-hydrogen) atoms. The zero-order valence-electron chi connectivity index (χ0n) is 5.22. The molecule has 46 valence electrons. The van der Waals surface area contributed by atoms with Crippen LogP contribution in [0.4, 0.5) is 0 Å². The third kappa shape index (κ3) is 0.469. The van der Waals surface area contributed by atoms with Crippen molar-refractivity contribution in [2.24, 2.45) is 0 Å². The molecule has 0 N–H and O–H groups in total. The Bertz CT molecular complexity index is 398. The number of hydrogen-bond acceptors (Lipinski definition) is 1. The molecule has 1 aromatic heterocycles. The van der Waals surface area contributed by atoms with Crippen molar-refractivity contribution in [2.75, 3.05) is 0 Å². The van der Waals surface area contributed by atoms with E-state index in [0.29, 0.717) is 0 Å². The quantitative estimate of drug-likeness (QED) is 0.455. The summed E-state index contributed by atoms with van der Waals surface area (Å²) in [5.41, 5.74) is 1.35. The Morgan fingerprint density at radius 1 is 1.20 bits per heavy atom. The van der Waals surface area contributed by atoms with Crippen molar-refractivity contribution < 1.29 is 0 Å². The molecule has 0 saturated heterocycles. The Hall–Kier alpha value is -0.820. The Morgan fingerprint density at radius 3 is 3.00 bits per heavy atom. The van der Waals surface area contributed by atoms with Crippen molar-refractivity contribution in [3.05, 3.63) is 41.1 Å². The second kappa shape index (κ2) is 1.43. The first-order valence-corrected chi connectivity index (χ1v) is 4.05. The molecular formula is C9H4S. The molecule has 1 aromatic carbocycles. The van der Waals surface area contributed by atoms with Crippen LogP contribution >= 0.6 is 11.3 Å². The summed E-state index contributed by atoms with van der Waals surface area (Å²) in [4.78, 5) is 1.35. The van der Waals surface area contributed by atoms with Gasteiger partial charge in [-0.15, -0.1) is 11.3 Å². The van der Waals surface area contributed by atoms with Crippen LogP contribution in [0.1, 0.15) is 10.4 Å². The van der Waals surface area contributed by atoms with Crippen LogP contribution < -0.4 is 0 Å². The highest BCUT2D eigenvalue weighted by atomic mass is 32.1. The van der Waals surface area contributed by atoms with Gasteiger partial charge in [-0.3, -0.25) is 0 Å². The summed E-state index contributed by atoms with van der Waals surface area (Å²) in [5, 5.41) is 1.38. The Labute approximate surface area is 63.1 Å². The highest BCUT2D eigenvalue weighted by Gasteiger charge is 2.24. The van der Waals surface area contributed by atoms with Gasteiger partial charge < -0.3 is 0 Å². The molecule has 2 aromatic rings. The zero-order valence-corrected chi connectivity index (χ0v) is 6.03. The van der Waals surface area contributed by atoms with Crippen molar-refractivity contribution in [3.8, 4) is 0 Å². The largest absolute Gasteiger partial charge is 0.139 e. The Morgan fingerprint density at radius 2 is 2.10 bits per heavy atom. The minimum Gasteiger partial charge on any atom is -0.139 e. The average Bonchev–Trinajstić information content (AvgIpc) is 2.64. The van der Waals surface area contributed by atoms with E-state index in [-0.39, 0.29) is 0 Å². The summed E-state index contributed by atoms with van der Waals surface area (Å²) >= 11 is 1.83. The molecule has 0 amide bonds. The van der Waals surface area contributed by atoms with Crippen LogP contribution in [0.2, 0.25) is 0 Å². The minimum absolute atomic E-state index is 1.35. The van der Waals surface area contributed by atoms with E-state index < -0.39 is 0 Å². The van der Waals surface area contributed by atoms with E-state index >= 15 is 0 Å². The average molecular weight is 144 g/mol. The lowest BCUT2D eigenvalue weighted by Gasteiger charge is -1.86. The lowest BCUT2D eigenvalue weighted by molar-refractivity contribution is 1.84.